The number of rotatable bonds is 5. The van der Waals surface area contributed by atoms with Crippen LogP contribution in [0.2, 0.25) is 0 Å². The predicted octanol–water partition coefficient (Wildman–Crippen LogP) is 4.28. The number of fused-ring (bicyclic) bond motifs is 5. The molecular weight excluding hydrogens is 496 g/mol. The van der Waals surface area contributed by atoms with E-state index in [1.165, 1.54) is 13.0 Å². The molecular formula is C32H44O7. The summed E-state index contributed by atoms with van der Waals surface area (Å²) in [4.78, 5) is 26.0. The Balaban J connectivity index is 1.60. The number of hydrogen-bond acceptors (Lipinski definition) is 7. The van der Waals surface area contributed by atoms with Crippen LogP contribution in [-0.4, -0.2) is 57.3 Å². The molecule has 4 aliphatic carbocycles. The Morgan fingerprint density at radius 2 is 1.77 bits per heavy atom. The van der Waals surface area contributed by atoms with Crippen molar-refractivity contribution in [2.24, 2.45) is 34.5 Å². The third kappa shape index (κ3) is 4.54. The average Bonchev–Trinajstić information content (AvgIpc) is 3.17. The number of carbonyl (C=O) groups is 2. The molecule has 0 bridgehead atoms. The van der Waals surface area contributed by atoms with Crippen LogP contribution in [0.4, 0.5) is 0 Å². The third-order valence-corrected chi connectivity index (χ3v) is 11.3. The molecule has 0 amide bonds. The van der Waals surface area contributed by atoms with E-state index in [-0.39, 0.29) is 35.2 Å². The summed E-state index contributed by atoms with van der Waals surface area (Å²) in [7, 11) is 0. The zero-order chi connectivity index (χ0) is 28.2. The molecule has 7 nitrogen and oxygen atoms in total. The first-order valence-electron chi connectivity index (χ1n) is 14.6. The van der Waals surface area contributed by atoms with Gasteiger partial charge in [0, 0.05) is 24.3 Å². The molecule has 1 aromatic carbocycles. The lowest BCUT2D eigenvalue weighted by molar-refractivity contribution is -0.295. The maximum atomic E-state index is 13.4. The van der Waals surface area contributed by atoms with Gasteiger partial charge in [-0.15, -0.1) is 0 Å². The molecule has 4 saturated carbocycles. The van der Waals surface area contributed by atoms with Gasteiger partial charge in [-0.25, -0.2) is 4.79 Å². The Kier molecular flexibility index (Phi) is 7.49. The van der Waals surface area contributed by atoms with Crippen molar-refractivity contribution in [2.75, 3.05) is 0 Å². The molecule has 0 spiro atoms. The molecule has 0 saturated heterocycles. The topological polar surface area (TPSA) is 113 Å². The molecule has 3 N–H and O–H groups in total. The van der Waals surface area contributed by atoms with Crippen LogP contribution in [0.1, 0.15) is 78.2 Å². The largest absolute Gasteiger partial charge is 0.458 e. The number of aliphatic hydroxyl groups is 3. The van der Waals surface area contributed by atoms with Gasteiger partial charge in [0.05, 0.1) is 17.8 Å². The Morgan fingerprint density at radius 3 is 2.44 bits per heavy atom. The molecule has 0 radical (unpaired) electrons. The molecule has 5 rings (SSSR count). The number of benzene rings is 1. The fourth-order valence-electron chi connectivity index (χ4n) is 9.43. The van der Waals surface area contributed by atoms with Gasteiger partial charge in [0.2, 0.25) is 0 Å². The number of carbonyl (C=O) groups excluding carboxylic acids is 2. The molecule has 1 aromatic rings. The molecule has 11 atom stereocenters. The fraction of sp³-hybridized carbons (Fsp3) is 0.688. The van der Waals surface area contributed by atoms with Crippen LogP contribution in [0.5, 0.6) is 0 Å². The smallest absolute Gasteiger partial charge is 0.331 e. The van der Waals surface area contributed by atoms with Crippen LogP contribution in [0.3, 0.4) is 0 Å². The highest BCUT2D eigenvalue weighted by Gasteiger charge is 2.75. The number of ether oxygens (including phenoxy) is 2. The summed E-state index contributed by atoms with van der Waals surface area (Å²) in [6.07, 6.45) is 5.04. The summed E-state index contributed by atoms with van der Waals surface area (Å²) in [5.74, 6) is -1.57. The van der Waals surface area contributed by atoms with Crippen LogP contribution < -0.4 is 0 Å². The van der Waals surface area contributed by atoms with Crippen molar-refractivity contribution in [1.29, 1.82) is 0 Å². The van der Waals surface area contributed by atoms with E-state index < -0.39 is 41.3 Å². The van der Waals surface area contributed by atoms with Crippen LogP contribution >= 0.6 is 0 Å². The quantitative estimate of drug-likeness (QED) is 0.377. The van der Waals surface area contributed by atoms with Crippen molar-refractivity contribution in [1.82, 2.24) is 0 Å². The Labute approximate surface area is 231 Å². The molecule has 1 unspecified atom stereocenters. The van der Waals surface area contributed by atoms with Crippen molar-refractivity contribution in [3.05, 3.63) is 42.0 Å². The van der Waals surface area contributed by atoms with Gasteiger partial charge >= 0.3 is 11.9 Å². The van der Waals surface area contributed by atoms with Crippen molar-refractivity contribution in [3.63, 3.8) is 0 Å². The first-order chi connectivity index (χ1) is 18.4. The van der Waals surface area contributed by atoms with Crippen molar-refractivity contribution < 1.29 is 34.4 Å². The Morgan fingerprint density at radius 1 is 1.05 bits per heavy atom. The fourth-order valence-corrected chi connectivity index (χ4v) is 9.43. The minimum absolute atomic E-state index is 0.179. The summed E-state index contributed by atoms with van der Waals surface area (Å²) in [5, 5.41) is 34.1. The van der Waals surface area contributed by atoms with E-state index in [0.717, 1.165) is 24.8 Å². The minimum Gasteiger partial charge on any atom is -0.458 e. The van der Waals surface area contributed by atoms with Crippen LogP contribution in [0, 0.1) is 34.5 Å². The monoisotopic (exact) mass is 540 g/mol. The normalized spacial score (nSPS) is 44.1. The zero-order valence-electron chi connectivity index (χ0n) is 23.6. The van der Waals surface area contributed by atoms with Gasteiger partial charge in [-0.3, -0.25) is 4.79 Å². The maximum absolute atomic E-state index is 13.4. The van der Waals surface area contributed by atoms with E-state index in [2.05, 4.69) is 6.92 Å². The summed E-state index contributed by atoms with van der Waals surface area (Å²) >= 11 is 0. The molecule has 39 heavy (non-hydrogen) atoms. The molecule has 7 heteroatoms. The van der Waals surface area contributed by atoms with E-state index >= 15 is 0 Å². The summed E-state index contributed by atoms with van der Waals surface area (Å²) < 4.78 is 12.4. The van der Waals surface area contributed by atoms with E-state index in [9.17, 15) is 24.9 Å². The maximum Gasteiger partial charge on any atom is 0.331 e. The van der Waals surface area contributed by atoms with Crippen molar-refractivity contribution in [3.8, 4) is 0 Å². The first-order valence-corrected chi connectivity index (χ1v) is 14.6. The van der Waals surface area contributed by atoms with Crippen LogP contribution in [0.15, 0.2) is 36.4 Å². The molecule has 4 fully saturated rings. The summed E-state index contributed by atoms with van der Waals surface area (Å²) in [5.41, 5.74) is -1.67. The average molecular weight is 541 g/mol. The van der Waals surface area contributed by atoms with Crippen LogP contribution in [0.25, 0.3) is 6.08 Å². The highest BCUT2D eigenvalue weighted by Crippen LogP contribution is 2.70. The van der Waals surface area contributed by atoms with Gasteiger partial charge < -0.3 is 24.8 Å². The Hall–Kier alpha value is -2.22. The minimum atomic E-state index is -1.20. The second kappa shape index (κ2) is 10.3. The van der Waals surface area contributed by atoms with E-state index in [0.29, 0.717) is 25.7 Å². The lowest BCUT2D eigenvalue weighted by Gasteiger charge is -2.66. The van der Waals surface area contributed by atoms with Gasteiger partial charge in [0.25, 0.3) is 0 Å². The molecule has 4 aliphatic rings. The second-order valence-corrected chi connectivity index (χ2v) is 13.1. The zero-order valence-corrected chi connectivity index (χ0v) is 23.6. The van der Waals surface area contributed by atoms with Crippen LogP contribution in [-0.2, 0) is 19.1 Å². The van der Waals surface area contributed by atoms with E-state index in [4.69, 9.17) is 9.47 Å². The Bertz CT molecular complexity index is 1100. The van der Waals surface area contributed by atoms with Gasteiger partial charge in [0.1, 0.15) is 12.2 Å². The molecule has 0 aromatic heterocycles. The lowest BCUT2D eigenvalue weighted by Crippen LogP contribution is -2.73. The summed E-state index contributed by atoms with van der Waals surface area (Å²) in [6.45, 7) is 7.23. The molecule has 214 valence electrons. The standard InChI is InChI=1S/C32H44O7/c1-19(33)24-15-17-32(37)25-12-11-22-18-23(35)14-16-30(22,3)27(25)28(38-20(2)34)29(31(24,32)4)39-26(36)13-10-21-8-6-5-7-9-21/h5-10,13,19,22-25,27-29,33,35,37H,11-12,14-18H2,1-4H3/b13-10+/t19?,22-,23-,24+,25+,27+,28-,29+,30-,31-,32-/m0/s1. The van der Waals surface area contributed by atoms with E-state index in [1.807, 2.05) is 37.3 Å². The molecule has 0 aliphatic heterocycles. The number of hydrogen-bond donors (Lipinski definition) is 3. The number of aliphatic hydroxyl groups excluding tert-OH is 2. The lowest BCUT2D eigenvalue weighted by atomic mass is 9.41. The van der Waals surface area contributed by atoms with Gasteiger partial charge in [-0.2, -0.15) is 0 Å². The van der Waals surface area contributed by atoms with Gasteiger partial charge in [-0.1, -0.05) is 44.2 Å². The molecule has 0 heterocycles. The van der Waals surface area contributed by atoms with E-state index in [1.54, 1.807) is 13.0 Å². The SMILES string of the molecule is CC(=O)O[C@H]1[C@H]2[C@@H](CC[C@H]3C[C@@H](O)CC[C@@]32C)[C@@]2(O)CC[C@H](C(C)O)[C@@]2(C)[C@@H]1OC(=O)/C=C/c1ccccc1. The highest BCUT2D eigenvalue weighted by molar-refractivity contribution is 5.87. The van der Waals surface area contributed by atoms with Gasteiger partial charge in [-0.05, 0) is 86.7 Å². The van der Waals surface area contributed by atoms with Crippen molar-refractivity contribution in [2.45, 2.75) is 103 Å². The second-order valence-electron chi connectivity index (χ2n) is 13.1. The number of esters is 2. The van der Waals surface area contributed by atoms with Crippen molar-refractivity contribution >= 4 is 18.0 Å². The third-order valence-electron chi connectivity index (χ3n) is 11.3. The highest BCUT2D eigenvalue weighted by atomic mass is 16.6. The van der Waals surface area contributed by atoms with Gasteiger partial charge in [0.15, 0.2) is 0 Å². The summed E-state index contributed by atoms with van der Waals surface area (Å²) in [6, 6.07) is 9.45. The predicted molar refractivity (Wildman–Crippen MR) is 146 cm³/mol. The first kappa shape index (κ1) is 28.3.